The molecule has 1 atom stereocenters. The van der Waals surface area contributed by atoms with Gasteiger partial charge in [-0.25, -0.2) is 4.98 Å². The molecule has 2 aliphatic heterocycles. The summed E-state index contributed by atoms with van der Waals surface area (Å²) in [6, 6.07) is 14.3. The van der Waals surface area contributed by atoms with Crippen molar-refractivity contribution in [2.75, 3.05) is 26.2 Å². The summed E-state index contributed by atoms with van der Waals surface area (Å²) in [4.78, 5) is 35.7. The van der Waals surface area contributed by atoms with Crippen LogP contribution in [0, 0.1) is 5.41 Å². The van der Waals surface area contributed by atoms with Crippen LogP contribution in [0.1, 0.15) is 28.9 Å². The monoisotopic (exact) mass is 437 g/mol. The van der Waals surface area contributed by atoms with Gasteiger partial charge in [-0.3, -0.25) is 9.59 Å². The van der Waals surface area contributed by atoms with Gasteiger partial charge in [-0.15, -0.1) is 22.7 Å². The smallest absolute Gasteiger partial charge is 0.273 e. The number of thiazole rings is 1. The fraction of sp³-hybridized carbons (Fsp3) is 0.348. The number of carbonyl (C=O) groups excluding carboxylic acids is 2. The average Bonchev–Trinajstić information content (AvgIpc) is 3.57. The van der Waals surface area contributed by atoms with Crippen molar-refractivity contribution >= 4 is 34.5 Å². The molecule has 0 saturated carbocycles. The van der Waals surface area contributed by atoms with Crippen LogP contribution >= 0.6 is 22.7 Å². The molecule has 2 saturated heterocycles. The first-order valence-corrected chi connectivity index (χ1v) is 12.0. The van der Waals surface area contributed by atoms with Crippen LogP contribution < -0.4 is 0 Å². The van der Waals surface area contributed by atoms with E-state index in [1.165, 1.54) is 16.9 Å². The van der Waals surface area contributed by atoms with Crippen LogP contribution in [-0.4, -0.2) is 52.8 Å². The molecule has 0 bridgehead atoms. The number of hydrogen-bond acceptors (Lipinski definition) is 5. The van der Waals surface area contributed by atoms with Crippen molar-refractivity contribution in [2.24, 2.45) is 5.41 Å². The molecule has 5 rings (SSSR count). The van der Waals surface area contributed by atoms with Gasteiger partial charge < -0.3 is 9.80 Å². The molecule has 5 nitrogen and oxygen atoms in total. The number of likely N-dealkylation sites (tertiary alicyclic amines) is 2. The Morgan fingerprint density at radius 2 is 1.90 bits per heavy atom. The van der Waals surface area contributed by atoms with E-state index in [4.69, 9.17) is 0 Å². The Balaban J connectivity index is 1.23. The summed E-state index contributed by atoms with van der Waals surface area (Å²) in [5.74, 6) is 0.160. The zero-order valence-corrected chi connectivity index (χ0v) is 18.3. The maximum atomic E-state index is 13.2. The highest BCUT2D eigenvalue weighted by Gasteiger charge is 2.51. The van der Waals surface area contributed by atoms with Gasteiger partial charge in [0, 0.05) is 31.6 Å². The summed E-state index contributed by atoms with van der Waals surface area (Å²) >= 11 is 3.13. The van der Waals surface area contributed by atoms with E-state index in [1.807, 2.05) is 50.9 Å². The van der Waals surface area contributed by atoms with Gasteiger partial charge in [-0.05, 0) is 36.3 Å². The highest BCUT2D eigenvalue weighted by molar-refractivity contribution is 7.20. The lowest BCUT2D eigenvalue weighted by atomic mass is 9.85. The van der Waals surface area contributed by atoms with E-state index in [-0.39, 0.29) is 11.8 Å². The first-order valence-electron chi connectivity index (χ1n) is 10.3. The Kier molecular flexibility index (Phi) is 5.16. The van der Waals surface area contributed by atoms with Crippen LogP contribution in [0.3, 0.4) is 0 Å². The van der Waals surface area contributed by atoms with Crippen LogP contribution in [0.5, 0.6) is 0 Å². The third-order valence-corrected chi connectivity index (χ3v) is 8.09. The van der Waals surface area contributed by atoms with Gasteiger partial charge in [0.2, 0.25) is 5.91 Å². The lowest BCUT2D eigenvalue weighted by molar-refractivity contribution is -0.135. The molecule has 0 radical (unpaired) electrons. The number of benzene rings is 1. The minimum atomic E-state index is -0.404. The fourth-order valence-corrected chi connectivity index (χ4v) is 6.09. The number of aromatic nitrogens is 1. The van der Waals surface area contributed by atoms with Crippen LogP contribution in [0.2, 0.25) is 0 Å². The van der Waals surface area contributed by atoms with Gasteiger partial charge in [0.05, 0.1) is 10.3 Å². The van der Waals surface area contributed by atoms with E-state index >= 15 is 0 Å². The topological polar surface area (TPSA) is 53.5 Å². The summed E-state index contributed by atoms with van der Waals surface area (Å²) < 4.78 is 0. The van der Waals surface area contributed by atoms with Crippen molar-refractivity contribution in [1.82, 2.24) is 14.8 Å². The highest BCUT2D eigenvalue weighted by atomic mass is 32.1. The van der Waals surface area contributed by atoms with Crippen molar-refractivity contribution in [3.8, 4) is 9.88 Å². The molecule has 1 aromatic carbocycles. The second-order valence-electron chi connectivity index (χ2n) is 8.05. The SMILES string of the molecule is O=C(c1csc(-c2cccs2)n1)N1CCC2(CCN(CCc3ccccc3)C2=O)C1. The molecule has 0 N–H and O–H groups in total. The number of nitrogens with zero attached hydrogens (tertiary/aromatic N) is 3. The lowest BCUT2D eigenvalue weighted by Gasteiger charge is -2.23. The van der Waals surface area contributed by atoms with E-state index in [9.17, 15) is 9.59 Å². The first-order chi connectivity index (χ1) is 14.6. The maximum absolute atomic E-state index is 13.2. The molecular weight excluding hydrogens is 414 g/mol. The quantitative estimate of drug-likeness (QED) is 0.602. The molecule has 2 amide bonds. The Morgan fingerprint density at radius 1 is 1.07 bits per heavy atom. The fourth-order valence-electron chi connectivity index (χ4n) is 4.49. The molecule has 3 aromatic rings. The third kappa shape index (κ3) is 3.56. The van der Waals surface area contributed by atoms with Crippen molar-refractivity contribution in [3.05, 3.63) is 64.5 Å². The van der Waals surface area contributed by atoms with E-state index < -0.39 is 5.41 Å². The number of thiophene rings is 1. The van der Waals surface area contributed by atoms with E-state index in [0.717, 1.165) is 42.2 Å². The predicted molar refractivity (Wildman–Crippen MR) is 120 cm³/mol. The zero-order chi connectivity index (χ0) is 20.6. The minimum absolute atomic E-state index is 0.0542. The normalized spacial score (nSPS) is 21.1. The van der Waals surface area contributed by atoms with Crippen LogP contribution in [0.25, 0.3) is 9.88 Å². The summed E-state index contributed by atoms with van der Waals surface area (Å²) in [6.07, 6.45) is 2.46. The number of carbonyl (C=O) groups is 2. The molecule has 2 fully saturated rings. The molecule has 1 unspecified atom stereocenters. The highest BCUT2D eigenvalue weighted by Crippen LogP contribution is 2.41. The molecule has 2 aromatic heterocycles. The third-order valence-electron chi connectivity index (χ3n) is 6.21. The number of amides is 2. The van der Waals surface area contributed by atoms with E-state index in [0.29, 0.717) is 18.8 Å². The first kappa shape index (κ1) is 19.5. The second-order valence-corrected chi connectivity index (χ2v) is 9.86. The second kappa shape index (κ2) is 7.96. The number of rotatable bonds is 5. The Morgan fingerprint density at radius 3 is 2.70 bits per heavy atom. The largest absolute Gasteiger partial charge is 0.342 e. The van der Waals surface area contributed by atoms with Crippen molar-refractivity contribution in [2.45, 2.75) is 19.3 Å². The maximum Gasteiger partial charge on any atom is 0.273 e. The van der Waals surface area contributed by atoms with Crippen LogP contribution in [0.15, 0.2) is 53.2 Å². The van der Waals surface area contributed by atoms with Crippen LogP contribution in [0.4, 0.5) is 0 Å². The van der Waals surface area contributed by atoms with Crippen molar-refractivity contribution < 1.29 is 9.59 Å². The summed E-state index contributed by atoms with van der Waals surface area (Å²) in [6.45, 7) is 2.67. The molecule has 30 heavy (non-hydrogen) atoms. The Bertz CT molecular complexity index is 1050. The van der Waals surface area contributed by atoms with Gasteiger partial charge in [0.1, 0.15) is 10.7 Å². The number of hydrogen-bond donors (Lipinski definition) is 0. The van der Waals surface area contributed by atoms with Crippen LogP contribution in [-0.2, 0) is 11.2 Å². The Hall–Kier alpha value is -2.51. The molecule has 7 heteroatoms. The summed E-state index contributed by atoms with van der Waals surface area (Å²) in [7, 11) is 0. The Labute approximate surface area is 184 Å². The standard InChI is InChI=1S/C23H23N3O2S2/c27-21(18-15-30-20(24-18)19-7-4-14-29-19)26-13-10-23(16-26)9-12-25(22(23)28)11-8-17-5-2-1-3-6-17/h1-7,14-15H,8-13,16H2. The summed E-state index contributed by atoms with van der Waals surface area (Å²) in [5.41, 5.74) is 1.34. The predicted octanol–water partition coefficient (Wildman–Crippen LogP) is 4.18. The average molecular weight is 438 g/mol. The van der Waals surface area contributed by atoms with Crippen molar-refractivity contribution in [1.29, 1.82) is 0 Å². The molecule has 0 aliphatic carbocycles. The van der Waals surface area contributed by atoms with Gasteiger partial charge >= 0.3 is 0 Å². The minimum Gasteiger partial charge on any atom is -0.342 e. The zero-order valence-electron chi connectivity index (χ0n) is 16.6. The molecule has 1 spiro atoms. The molecular formula is C23H23N3O2S2. The van der Waals surface area contributed by atoms with E-state index in [2.05, 4.69) is 17.1 Å². The van der Waals surface area contributed by atoms with Gasteiger partial charge in [0.25, 0.3) is 5.91 Å². The molecule has 4 heterocycles. The summed E-state index contributed by atoms with van der Waals surface area (Å²) in [5, 5.41) is 4.73. The van der Waals surface area contributed by atoms with Crippen molar-refractivity contribution in [3.63, 3.8) is 0 Å². The lowest BCUT2D eigenvalue weighted by Crippen LogP contribution is -2.39. The molecule has 154 valence electrons. The van der Waals surface area contributed by atoms with Gasteiger partial charge in [-0.1, -0.05) is 36.4 Å². The van der Waals surface area contributed by atoms with Gasteiger partial charge in [-0.2, -0.15) is 0 Å². The van der Waals surface area contributed by atoms with E-state index in [1.54, 1.807) is 11.3 Å². The van der Waals surface area contributed by atoms with Gasteiger partial charge in [0.15, 0.2) is 0 Å². The molecule has 2 aliphatic rings.